The minimum atomic E-state index is -5.51. The summed E-state index contributed by atoms with van der Waals surface area (Å²) < 4.78 is 84.5. The summed E-state index contributed by atoms with van der Waals surface area (Å²) in [5.74, 6) is -4.89. The number of nitrogens with zero attached hydrogens (tertiary/aromatic N) is 1. The molecule has 2 amide bonds. The van der Waals surface area contributed by atoms with Crippen LogP contribution in [0.4, 0.5) is 22.0 Å². The molecule has 0 unspecified atom stereocenters. The van der Waals surface area contributed by atoms with Crippen LogP contribution in [0.2, 0.25) is 0 Å². The van der Waals surface area contributed by atoms with E-state index in [1.54, 1.807) is 0 Å². The number of alkyl halides is 3. The van der Waals surface area contributed by atoms with Crippen LogP contribution in [0, 0.1) is 17.0 Å². The molecule has 0 spiro atoms. The quantitative estimate of drug-likeness (QED) is 0.265. The lowest BCUT2D eigenvalue weighted by molar-refractivity contribution is -0.265. The third-order valence-corrected chi connectivity index (χ3v) is 7.88. The molecule has 2 heterocycles. The van der Waals surface area contributed by atoms with Crippen LogP contribution in [0.25, 0.3) is 11.3 Å². The third kappa shape index (κ3) is 5.63. The largest absolute Gasteiger partial charge is 0.494 e. The Morgan fingerprint density at radius 1 is 1.24 bits per heavy atom. The SMILES string of the molecule is COC1=CC(C(=O)NC[C@](O)(c2cc3c(c(-c4c(F)cccc4F)n2)OC[C@]3(C)C(N)=O)C(F)(F)F)=C/C(=C/NC2CC2)C1=N. The topological polar surface area (TPSA) is 160 Å². The molecule has 1 aromatic heterocycles. The predicted octanol–water partition coefficient (Wildman–Crippen LogP) is 3.15. The van der Waals surface area contributed by atoms with Crippen LogP contribution in [-0.4, -0.2) is 60.1 Å². The van der Waals surface area contributed by atoms with Crippen LogP contribution in [0.15, 0.2) is 59.5 Å². The molecule has 1 aromatic carbocycles. The van der Waals surface area contributed by atoms with Crippen molar-refractivity contribution < 1.29 is 46.1 Å². The summed E-state index contributed by atoms with van der Waals surface area (Å²) in [7, 11) is 1.26. The van der Waals surface area contributed by atoms with Crippen molar-refractivity contribution >= 4 is 17.5 Å². The molecule has 2 aromatic rings. The Morgan fingerprint density at radius 3 is 2.49 bits per heavy atom. The molecule has 0 radical (unpaired) electrons. The highest BCUT2D eigenvalue weighted by atomic mass is 19.4. The van der Waals surface area contributed by atoms with E-state index in [0.717, 1.165) is 43.2 Å². The first-order valence-corrected chi connectivity index (χ1v) is 13.6. The fourth-order valence-corrected chi connectivity index (χ4v) is 4.84. The molecule has 10 nitrogen and oxygen atoms in total. The molecule has 1 saturated carbocycles. The summed E-state index contributed by atoms with van der Waals surface area (Å²) in [6.07, 6.45) is 0.255. The lowest BCUT2D eigenvalue weighted by Crippen LogP contribution is -2.52. The summed E-state index contributed by atoms with van der Waals surface area (Å²) in [5, 5.41) is 24.6. The number of rotatable bonds is 9. The summed E-state index contributed by atoms with van der Waals surface area (Å²) in [5.41, 5.74) is -3.22. The van der Waals surface area contributed by atoms with Gasteiger partial charge >= 0.3 is 6.18 Å². The average molecular weight is 634 g/mol. The van der Waals surface area contributed by atoms with Gasteiger partial charge in [-0.2, -0.15) is 13.2 Å². The van der Waals surface area contributed by atoms with Crippen molar-refractivity contribution in [1.29, 1.82) is 5.41 Å². The highest BCUT2D eigenvalue weighted by Crippen LogP contribution is 2.48. The van der Waals surface area contributed by atoms with Crippen LogP contribution in [0.3, 0.4) is 0 Å². The molecule has 0 saturated heterocycles. The molecular weight excluding hydrogens is 605 g/mol. The molecule has 2 atom stereocenters. The smallest absolute Gasteiger partial charge is 0.424 e. The number of carbonyl (C=O) groups excluding carboxylic acids is 2. The molecule has 2 aliphatic carbocycles. The molecule has 15 heteroatoms. The van der Waals surface area contributed by atoms with Gasteiger partial charge in [0.05, 0.1) is 24.9 Å². The third-order valence-electron chi connectivity index (χ3n) is 7.88. The van der Waals surface area contributed by atoms with Gasteiger partial charge in [-0.05, 0) is 50.1 Å². The molecule has 6 N–H and O–H groups in total. The lowest BCUT2D eigenvalue weighted by Gasteiger charge is -2.31. The molecule has 45 heavy (non-hydrogen) atoms. The van der Waals surface area contributed by atoms with Gasteiger partial charge in [-0.15, -0.1) is 0 Å². The second-order valence-electron chi connectivity index (χ2n) is 11.1. The van der Waals surface area contributed by atoms with Crippen LogP contribution in [0.1, 0.15) is 31.0 Å². The number of nitrogens with two attached hydrogens (primary N) is 1. The monoisotopic (exact) mass is 633 g/mol. The Kier molecular flexibility index (Phi) is 7.93. The van der Waals surface area contributed by atoms with Gasteiger partial charge in [-0.1, -0.05) is 6.07 Å². The first-order valence-electron chi connectivity index (χ1n) is 13.6. The maximum Gasteiger partial charge on any atom is 0.424 e. The van der Waals surface area contributed by atoms with E-state index in [4.69, 9.17) is 20.6 Å². The summed E-state index contributed by atoms with van der Waals surface area (Å²) in [6, 6.07) is 3.66. The van der Waals surface area contributed by atoms with Crippen molar-refractivity contribution in [3.05, 3.63) is 82.4 Å². The van der Waals surface area contributed by atoms with E-state index in [-0.39, 0.29) is 40.0 Å². The van der Waals surface area contributed by atoms with Gasteiger partial charge in [0.2, 0.25) is 11.5 Å². The standard InChI is InChI=1S/C30H28F5N5O5/c1-28(27(37)42)13-45-25-17(28)10-21(40-24(25)22-18(31)4-3-5-19(22)32)29(43,30(33,34)35)12-39-26(41)14-8-15(11-38-16-6-7-16)23(36)20(9-14)44-2/h3-5,8-11,16,36,38,43H,6-7,12-13H2,1-2H3,(H2,37,42)(H,39,41)/b15-11-,36-23?/t28-,29-/m0/s1. The number of methoxy groups -OCH3 is 1. The maximum absolute atomic E-state index is 14.9. The number of hydrogen-bond acceptors (Lipinski definition) is 8. The number of fused-ring (bicyclic) bond motifs is 1. The number of aromatic nitrogens is 1. The molecular formula is C30H28F5N5O5. The lowest BCUT2D eigenvalue weighted by atomic mass is 9.81. The van der Waals surface area contributed by atoms with E-state index in [1.165, 1.54) is 26.3 Å². The van der Waals surface area contributed by atoms with Gasteiger partial charge < -0.3 is 30.9 Å². The number of allylic oxidation sites excluding steroid dienone is 2. The number of primary amides is 1. The molecule has 3 aliphatic rings. The number of nitrogens with one attached hydrogen (secondary N) is 3. The number of carbonyl (C=O) groups is 2. The Bertz CT molecular complexity index is 1680. The van der Waals surface area contributed by atoms with Gasteiger partial charge in [0.25, 0.3) is 5.91 Å². The van der Waals surface area contributed by atoms with Gasteiger partial charge in [0, 0.05) is 29.0 Å². The molecule has 1 fully saturated rings. The van der Waals surface area contributed by atoms with Crippen molar-refractivity contribution in [2.45, 2.75) is 43.0 Å². The summed E-state index contributed by atoms with van der Waals surface area (Å²) in [4.78, 5) is 29.4. The first kappa shape index (κ1) is 31.6. The van der Waals surface area contributed by atoms with Crippen LogP contribution < -0.4 is 21.1 Å². The van der Waals surface area contributed by atoms with Crippen molar-refractivity contribution in [2.24, 2.45) is 5.73 Å². The van der Waals surface area contributed by atoms with Crippen molar-refractivity contribution in [2.75, 3.05) is 20.3 Å². The Labute approximate surface area is 253 Å². The van der Waals surface area contributed by atoms with E-state index in [2.05, 4.69) is 10.3 Å². The summed E-state index contributed by atoms with van der Waals surface area (Å²) >= 11 is 0. The zero-order chi connectivity index (χ0) is 32.9. The second-order valence-corrected chi connectivity index (χ2v) is 11.1. The predicted molar refractivity (Wildman–Crippen MR) is 150 cm³/mol. The van der Waals surface area contributed by atoms with E-state index in [1.807, 2.05) is 5.32 Å². The molecule has 0 bridgehead atoms. The average Bonchev–Trinajstić information content (AvgIpc) is 3.75. The maximum atomic E-state index is 14.9. The number of hydrogen-bond donors (Lipinski definition) is 5. The molecule has 1 aliphatic heterocycles. The Morgan fingerprint density at radius 2 is 1.91 bits per heavy atom. The molecule has 238 valence electrons. The summed E-state index contributed by atoms with van der Waals surface area (Å²) in [6.45, 7) is -0.717. The Hall–Kier alpha value is -4.79. The van der Waals surface area contributed by atoms with Gasteiger partial charge in [-0.3, -0.25) is 15.0 Å². The fourth-order valence-electron chi connectivity index (χ4n) is 4.84. The van der Waals surface area contributed by atoms with Crippen molar-refractivity contribution in [3.63, 3.8) is 0 Å². The normalized spacial score (nSPS) is 21.7. The highest BCUT2D eigenvalue weighted by molar-refractivity contribution is 6.15. The van der Waals surface area contributed by atoms with Crippen molar-refractivity contribution in [1.82, 2.24) is 15.6 Å². The van der Waals surface area contributed by atoms with Crippen LogP contribution in [-0.2, 0) is 25.3 Å². The number of halogens is 5. The van der Waals surface area contributed by atoms with Crippen LogP contribution >= 0.6 is 0 Å². The Balaban J connectivity index is 1.57. The highest BCUT2D eigenvalue weighted by Gasteiger charge is 2.58. The number of ether oxygens (including phenoxy) is 2. The van der Waals surface area contributed by atoms with Gasteiger partial charge in [0.15, 0.2) is 0 Å². The van der Waals surface area contributed by atoms with E-state index in [9.17, 15) is 36.6 Å². The number of benzene rings is 1. The minimum absolute atomic E-state index is 0.0276. The second kappa shape index (κ2) is 11.3. The number of amides is 2. The van der Waals surface area contributed by atoms with E-state index < -0.39 is 70.7 Å². The number of pyridine rings is 1. The molecule has 5 rings (SSSR count). The minimum Gasteiger partial charge on any atom is -0.494 e. The first-order chi connectivity index (χ1) is 21.1. The zero-order valence-corrected chi connectivity index (χ0v) is 23.9. The van der Waals surface area contributed by atoms with Gasteiger partial charge in [0.1, 0.15) is 46.6 Å². The van der Waals surface area contributed by atoms with E-state index in [0.29, 0.717) is 0 Å². The van der Waals surface area contributed by atoms with E-state index >= 15 is 0 Å². The van der Waals surface area contributed by atoms with Gasteiger partial charge in [-0.25, -0.2) is 13.8 Å². The van der Waals surface area contributed by atoms with Crippen LogP contribution in [0.5, 0.6) is 5.75 Å². The number of aliphatic hydroxyl groups is 1. The zero-order valence-electron chi connectivity index (χ0n) is 23.9. The van der Waals surface area contributed by atoms with Crippen molar-refractivity contribution in [3.8, 4) is 17.0 Å². The fraction of sp³-hybridized carbons (Fsp3) is 0.333.